The largest absolute Gasteiger partial charge is 1.00 e. The first-order valence-corrected chi connectivity index (χ1v) is 6.39. The van der Waals surface area contributed by atoms with Gasteiger partial charge in [-0.05, 0) is 25.0 Å². The quantitative estimate of drug-likeness (QED) is 0.344. The Morgan fingerprint density at radius 3 is 2.38 bits per heavy atom. The van der Waals surface area contributed by atoms with Crippen LogP contribution in [0.1, 0.15) is 51.4 Å². The zero-order chi connectivity index (χ0) is 8.65. The van der Waals surface area contributed by atoms with E-state index in [-0.39, 0.29) is 18.9 Å². The van der Waals surface area contributed by atoms with Crippen LogP contribution in [-0.4, -0.2) is 11.0 Å². The zero-order valence-corrected chi connectivity index (χ0v) is 9.87. The Bertz CT molecular complexity index is 100. The van der Waals surface area contributed by atoms with Gasteiger partial charge >= 0.3 is 18.9 Å². The minimum Gasteiger partial charge on any atom is -0.343 e. The van der Waals surface area contributed by atoms with E-state index in [9.17, 15) is 0 Å². The second kappa shape index (κ2) is 9.50. The summed E-state index contributed by atoms with van der Waals surface area (Å²) in [6.45, 7) is 3.85. The van der Waals surface area contributed by atoms with Crippen LogP contribution in [0.3, 0.4) is 0 Å². The van der Waals surface area contributed by atoms with Crippen molar-refractivity contribution < 1.29 is 18.9 Å². The van der Waals surface area contributed by atoms with Crippen molar-refractivity contribution in [3.63, 3.8) is 0 Å². The van der Waals surface area contributed by atoms with Gasteiger partial charge in [-0.15, -0.1) is 0 Å². The number of hydrogen-bond donors (Lipinski definition) is 0. The molecule has 0 heterocycles. The molecule has 1 fully saturated rings. The molecule has 72 valence electrons. The zero-order valence-electron chi connectivity index (χ0n) is 9.06. The van der Waals surface area contributed by atoms with E-state index in [1.165, 1.54) is 50.7 Å². The summed E-state index contributed by atoms with van der Waals surface area (Å²) >= 11 is 2.21. The van der Waals surface area contributed by atoms with Gasteiger partial charge in [-0.1, -0.05) is 25.7 Å². The molecule has 0 spiro atoms. The maximum absolute atomic E-state index is 3.85. The molecule has 1 rings (SSSR count). The minimum absolute atomic E-state index is 0. The van der Waals surface area contributed by atoms with Crippen molar-refractivity contribution in [1.82, 2.24) is 0 Å². The summed E-state index contributed by atoms with van der Waals surface area (Å²) in [5.74, 6) is 1.39. The molecule has 0 saturated heterocycles. The van der Waals surface area contributed by atoms with Crippen molar-refractivity contribution in [2.45, 2.75) is 56.6 Å². The van der Waals surface area contributed by atoms with Crippen molar-refractivity contribution in [3.8, 4) is 0 Å². The van der Waals surface area contributed by atoms with E-state index in [1.807, 2.05) is 0 Å². The molecule has 13 heavy (non-hydrogen) atoms. The van der Waals surface area contributed by atoms with Gasteiger partial charge in [-0.25, -0.2) is 0 Å². The van der Waals surface area contributed by atoms with Crippen molar-refractivity contribution in [3.05, 3.63) is 6.92 Å². The van der Waals surface area contributed by atoms with Crippen LogP contribution >= 0.6 is 11.8 Å². The van der Waals surface area contributed by atoms with Crippen molar-refractivity contribution in [2.24, 2.45) is 0 Å². The van der Waals surface area contributed by atoms with Gasteiger partial charge in [0.05, 0.1) is 0 Å². The molecule has 0 nitrogen and oxygen atoms in total. The van der Waals surface area contributed by atoms with E-state index in [2.05, 4.69) is 18.7 Å². The predicted molar refractivity (Wildman–Crippen MR) is 58.5 cm³/mol. The number of thioether (sulfide) groups is 1. The number of rotatable bonds is 6. The van der Waals surface area contributed by atoms with Crippen LogP contribution in [0.4, 0.5) is 0 Å². The van der Waals surface area contributed by atoms with E-state index in [0.717, 1.165) is 11.7 Å². The van der Waals surface area contributed by atoms with Crippen LogP contribution in [0.2, 0.25) is 0 Å². The molecule has 0 N–H and O–H groups in total. The van der Waals surface area contributed by atoms with Gasteiger partial charge < -0.3 is 6.92 Å². The van der Waals surface area contributed by atoms with Gasteiger partial charge in [0.25, 0.3) is 0 Å². The molecule has 0 atom stereocenters. The Balaban J connectivity index is 0.00000144. The fourth-order valence-electron chi connectivity index (χ4n) is 1.76. The molecule has 0 unspecified atom stereocenters. The van der Waals surface area contributed by atoms with Crippen molar-refractivity contribution in [1.29, 1.82) is 0 Å². The Morgan fingerprint density at radius 1 is 1.08 bits per heavy atom. The molecule has 0 aromatic rings. The summed E-state index contributed by atoms with van der Waals surface area (Å²) < 4.78 is 0. The van der Waals surface area contributed by atoms with Crippen LogP contribution in [0, 0.1) is 6.92 Å². The first kappa shape index (κ1) is 13.9. The molecular formula is C11H21LiS. The van der Waals surface area contributed by atoms with Gasteiger partial charge in [0.15, 0.2) is 0 Å². The standard InChI is InChI=1S/C11H21S.Li/c1-2-3-4-7-10-12-11-8-5-6-9-11;/h11H,1-10H2;/q-1;+1. The summed E-state index contributed by atoms with van der Waals surface area (Å²) in [5, 5.41) is 1.02. The van der Waals surface area contributed by atoms with E-state index >= 15 is 0 Å². The summed E-state index contributed by atoms with van der Waals surface area (Å²) in [6.07, 6.45) is 11.2. The van der Waals surface area contributed by atoms with Crippen LogP contribution in [0.5, 0.6) is 0 Å². The minimum atomic E-state index is 0. The SMILES string of the molecule is [CH2-]CCCCCSC1CCCC1.[Li+]. The average molecular weight is 192 g/mol. The predicted octanol–water partition coefficient (Wildman–Crippen LogP) is 1.06. The van der Waals surface area contributed by atoms with Gasteiger partial charge in [-0.3, -0.25) is 0 Å². The summed E-state index contributed by atoms with van der Waals surface area (Å²) in [7, 11) is 0. The maximum Gasteiger partial charge on any atom is 1.00 e. The fourth-order valence-corrected chi connectivity index (χ4v) is 3.13. The Morgan fingerprint density at radius 2 is 1.77 bits per heavy atom. The van der Waals surface area contributed by atoms with Gasteiger partial charge in [-0.2, -0.15) is 18.2 Å². The second-order valence-electron chi connectivity index (χ2n) is 3.69. The molecule has 0 aliphatic heterocycles. The molecule has 1 saturated carbocycles. The summed E-state index contributed by atoms with van der Waals surface area (Å²) in [4.78, 5) is 0. The first-order chi connectivity index (χ1) is 5.93. The first-order valence-electron chi connectivity index (χ1n) is 5.34. The Kier molecular flexibility index (Phi) is 10.2. The monoisotopic (exact) mass is 192 g/mol. The third-order valence-corrected chi connectivity index (χ3v) is 4.02. The van der Waals surface area contributed by atoms with Crippen LogP contribution in [0.25, 0.3) is 0 Å². The third kappa shape index (κ3) is 6.95. The molecule has 0 bridgehead atoms. The average Bonchev–Trinajstić information content (AvgIpc) is 2.57. The normalized spacial score (nSPS) is 17.3. The molecular weight excluding hydrogens is 171 g/mol. The fraction of sp³-hybridized carbons (Fsp3) is 0.909. The van der Waals surface area contributed by atoms with Gasteiger partial charge in [0, 0.05) is 5.25 Å². The second-order valence-corrected chi connectivity index (χ2v) is 5.10. The molecule has 0 amide bonds. The van der Waals surface area contributed by atoms with E-state index in [1.54, 1.807) is 0 Å². The van der Waals surface area contributed by atoms with Crippen molar-refractivity contribution >= 4 is 11.8 Å². The smallest absolute Gasteiger partial charge is 0.343 e. The Labute approximate surface area is 99.8 Å². The molecule has 0 radical (unpaired) electrons. The molecule has 0 aromatic heterocycles. The number of unbranched alkanes of at least 4 members (excludes halogenated alkanes) is 3. The third-order valence-electron chi connectivity index (χ3n) is 2.55. The molecule has 1 aliphatic carbocycles. The topological polar surface area (TPSA) is 0 Å². The van der Waals surface area contributed by atoms with E-state index < -0.39 is 0 Å². The molecule has 1 aliphatic rings. The molecule has 0 aromatic carbocycles. The summed E-state index contributed by atoms with van der Waals surface area (Å²) in [5.41, 5.74) is 0. The van der Waals surface area contributed by atoms with Gasteiger partial charge in [0.1, 0.15) is 0 Å². The van der Waals surface area contributed by atoms with Crippen LogP contribution < -0.4 is 18.9 Å². The van der Waals surface area contributed by atoms with Crippen molar-refractivity contribution in [2.75, 3.05) is 5.75 Å². The van der Waals surface area contributed by atoms with Gasteiger partial charge in [0.2, 0.25) is 0 Å². The van der Waals surface area contributed by atoms with E-state index in [0.29, 0.717) is 0 Å². The maximum atomic E-state index is 3.85. The summed E-state index contributed by atoms with van der Waals surface area (Å²) in [6, 6.07) is 0. The molecule has 2 heteroatoms. The van der Waals surface area contributed by atoms with E-state index in [4.69, 9.17) is 0 Å². The Hall–Kier alpha value is 0.947. The van der Waals surface area contributed by atoms with Crippen LogP contribution in [-0.2, 0) is 0 Å². The van der Waals surface area contributed by atoms with Crippen LogP contribution in [0.15, 0.2) is 0 Å². The number of hydrogen-bond acceptors (Lipinski definition) is 1.